The molecule has 0 bridgehead atoms. The summed E-state index contributed by atoms with van der Waals surface area (Å²) in [6.07, 6.45) is 3.41. The van der Waals surface area contributed by atoms with Crippen molar-refractivity contribution >= 4 is 17.7 Å². The summed E-state index contributed by atoms with van der Waals surface area (Å²) in [5.41, 5.74) is -0.414. The second-order valence-corrected chi connectivity index (χ2v) is 6.98. The highest BCUT2D eigenvalue weighted by atomic mass is 32.2. The van der Waals surface area contributed by atoms with Gasteiger partial charge in [0.25, 0.3) is 0 Å². The topological polar surface area (TPSA) is 52.6 Å². The lowest BCUT2D eigenvalue weighted by Gasteiger charge is -2.31. The van der Waals surface area contributed by atoms with Crippen molar-refractivity contribution in [2.75, 3.05) is 31.7 Å². The number of nitrogens with zero attached hydrogens (tertiary/aromatic N) is 1. The molecule has 2 fully saturated rings. The fourth-order valence-electron chi connectivity index (χ4n) is 2.57. The largest absolute Gasteiger partial charge is 0.394 e. The molecule has 0 spiro atoms. The van der Waals surface area contributed by atoms with Gasteiger partial charge in [0.2, 0.25) is 5.91 Å². The van der Waals surface area contributed by atoms with E-state index in [1.54, 1.807) is 0 Å². The molecule has 2 unspecified atom stereocenters. The van der Waals surface area contributed by atoms with Crippen LogP contribution in [0.25, 0.3) is 0 Å². The van der Waals surface area contributed by atoms with Crippen LogP contribution in [0.4, 0.5) is 0 Å². The minimum absolute atomic E-state index is 0.0341. The molecule has 4 nitrogen and oxygen atoms in total. The van der Waals surface area contributed by atoms with Gasteiger partial charge in [-0.25, -0.2) is 0 Å². The summed E-state index contributed by atoms with van der Waals surface area (Å²) in [6.45, 7) is 2.42. The van der Waals surface area contributed by atoms with Crippen LogP contribution < -0.4 is 5.32 Å². The number of aliphatic hydroxyl groups is 1. The SMILES string of the molecule is CN(CC(=O)NC(C)(CO)C1CC1)C1CCSC1. The molecule has 1 aliphatic carbocycles. The number of thioether (sulfide) groups is 1. The fourth-order valence-corrected chi connectivity index (χ4v) is 3.87. The number of amides is 1. The molecule has 1 amide bonds. The first-order chi connectivity index (χ1) is 8.55. The summed E-state index contributed by atoms with van der Waals surface area (Å²) in [6, 6.07) is 0.530. The molecule has 1 heterocycles. The number of carbonyl (C=O) groups is 1. The number of likely N-dealkylation sites (N-methyl/N-ethyl adjacent to an activating group) is 1. The minimum Gasteiger partial charge on any atom is -0.394 e. The first kappa shape index (κ1) is 14.2. The molecule has 18 heavy (non-hydrogen) atoms. The van der Waals surface area contributed by atoms with E-state index in [1.807, 2.05) is 25.7 Å². The Bertz CT molecular complexity index is 303. The Labute approximate surface area is 113 Å². The molecule has 2 aliphatic rings. The lowest BCUT2D eigenvalue weighted by Crippen LogP contribution is -2.53. The van der Waals surface area contributed by atoms with Gasteiger partial charge in [-0.05, 0) is 44.9 Å². The van der Waals surface area contributed by atoms with Gasteiger partial charge in [-0.1, -0.05) is 0 Å². The third-order valence-corrected chi connectivity index (χ3v) is 5.30. The second-order valence-electron chi connectivity index (χ2n) is 5.83. The zero-order chi connectivity index (χ0) is 13.2. The number of hydrogen-bond acceptors (Lipinski definition) is 4. The molecule has 2 atom stereocenters. The van der Waals surface area contributed by atoms with Gasteiger partial charge >= 0.3 is 0 Å². The Hall–Kier alpha value is -0.260. The van der Waals surface area contributed by atoms with Crippen molar-refractivity contribution in [2.45, 2.75) is 37.8 Å². The van der Waals surface area contributed by atoms with Crippen LogP contribution in [0.1, 0.15) is 26.2 Å². The molecular formula is C13H24N2O2S. The van der Waals surface area contributed by atoms with Gasteiger partial charge in [0.15, 0.2) is 0 Å². The summed E-state index contributed by atoms with van der Waals surface area (Å²) < 4.78 is 0. The van der Waals surface area contributed by atoms with Crippen molar-refractivity contribution in [3.8, 4) is 0 Å². The van der Waals surface area contributed by atoms with Crippen LogP contribution in [0.3, 0.4) is 0 Å². The highest BCUT2D eigenvalue weighted by Crippen LogP contribution is 2.39. The third kappa shape index (κ3) is 3.39. The van der Waals surface area contributed by atoms with Crippen molar-refractivity contribution < 1.29 is 9.90 Å². The maximum Gasteiger partial charge on any atom is 0.234 e. The Morgan fingerprint density at radius 3 is 2.72 bits per heavy atom. The Morgan fingerprint density at radius 1 is 1.50 bits per heavy atom. The molecule has 104 valence electrons. The zero-order valence-electron chi connectivity index (χ0n) is 11.3. The third-order valence-electron chi connectivity index (χ3n) is 4.15. The Morgan fingerprint density at radius 2 is 2.22 bits per heavy atom. The summed E-state index contributed by atoms with van der Waals surface area (Å²) >= 11 is 1.96. The number of aliphatic hydroxyl groups excluding tert-OH is 1. The molecule has 1 saturated heterocycles. The molecule has 1 saturated carbocycles. The van der Waals surface area contributed by atoms with Gasteiger partial charge in [0.1, 0.15) is 0 Å². The van der Waals surface area contributed by atoms with Gasteiger partial charge < -0.3 is 10.4 Å². The minimum atomic E-state index is -0.414. The van der Waals surface area contributed by atoms with Crippen molar-refractivity contribution in [3.63, 3.8) is 0 Å². The van der Waals surface area contributed by atoms with Crippen LogP contribution in [-0.2, 0) is 4.79 Å². The van der Waals surface area contributed by atoms with E-state index in [0.29, 0.717) is 18.5 Å². The van der Waals surface area contributed by atoms with Crippen LogP contribution in [0.15, 0.2) is 0 Å². The van der Waals surface area contributed by atoms with Gasteiger partial charge in [-0.3, -0.25) is 9.69 Å². The van der Waals surface area contributed by atoms with Crippen LogP contribution >= 0.6 is 11.8 Å². The number of hydrogen-bond donors (Lipinski definition) is 2. The van der Waals surface area contributed by atoms with Gasteiger partial charge in [0, 0.05) is 11.8 Å². The second kappa shape index (κ2) is 5.80. The van der Waals surface area contributed by atoms with Gasteiger partial charge in [-0.15, -0.1) is 0 Å². The van der Waals surface area contributed by atoms with Crippen molar-refractivity contribution in [3.05, 3.63) is 0 Å². The molecule has 2 rings (SSSR count). The molecule has 0 aromatic carbocycles. The van der Waals surface area contributed by atoms with Gasteiger partial charge in [-0.2, -0.15) is 11.8 Å². The Balaban J connectivity index is 1.80. The standard InChI is InChI=1S/C13H24N2O2S/c1-13(9-16,10-3-4-10)14-12(17)7-15(2)11-5-6-18-8-11/h10-11,16H,3-9H2,1-2H3,(H,14,17). The zero-order valence-corrected chi connectivity index (χ0v) is 12.1. The van der Waals surface area contributed by atoms with E-state index in [1.165, 1.54) is 12.2 Å². The van der Waals surface area contributed by atoms with Gasteiger partial charge in [0.05, 0.1) is 18.7 Å². The average Bonchev–Trinajstić information content (AvgIpc) is 3.05. The maximum absolute atomic E-state index is 12.0. The quantitative estimate of drug-likeness (QED) is 0.747. The molecule has 0 radical (unpaired) electrons. The van der Waals surface area contributed by atoms with Crippen LogP contribution in [0, 0.1) is 5.92 Å². The maximum atomic E-state index is 12.0. The van der Waals surface area contributed by atoms with Crippen molar-refractivity contribution in [2.24, 2.45) is 5.92 Å². The monoisotopic (exact) mass is 272 g/mol. The summed E-state index contributed by atoms with van der Waals surface area (Å²) in [5, 5.41) is 12.5. The molecular weight excluding hydrogens is 248 g/mol. The highest BCUT2D eigenvalue weighted by molar-refractivity contribution is 7.99. The number of nitrogens with one attached hydrogen (secondary N) is 1. The molecule has 5 heteroatoms. The van der Waals surface area contributed by atoms with E-state index < -0.39 is 5.54 Å². The summed E-state index contributed by atoms with van der Waals surface area (Å²) in [7, 11) is 2.02. The van der Waals surface area contributed by atoms with E-state index in [0.717, 1.165) is 18.6 Å². The lowest BCUT2D eigenvalue weighted by molar-refractivity contribution is -0.125. The summed E-state index contributed by atoms with van der Waals surface area (Å²) in [4.78, 5) is 14.2. The average molecular weight is 272 g/mol. The molecule has 0 aromatic rings. The van der Waals surface area contributed by atoms with E-state index in [-0.39, 0.29) is 12.5 Å². The smallest absolute Gasteiger partial charge is 0.234 e. The van der Waals surface area contributed by atoms with E-state index in [2.05, 4.69) is 10.2 Å². The van der Waals surface area contributed by atoms with E-state index >= 15 is 0 Å². The van der Waals surface area contributed by atoms with Crippen LogP contribution in [0.2, 0.25) is 0 Å². The highest BCUT2D eigenvalue weighted by Gasteiger charge is 2.42. The van der Waals surface area contributed by atoms with Crippen molar-refractivity contribution in [1.29, 1.82) is 0 Å². The normalized spacial score (nSPS) is 27.2. The predicted molar refractivity (Wildman–Crippen MR) is 74.7 cm³/mol. The van der Waals surface area contributed by atoms with Crippen LogP contribution in [0.5, 0.6) is 0 Å². The van der Waals surface area contributed by atoms with E-state index in [9.17, 15) is 9.90 Å². The van der Waals surface area contributed by atoms with Crippen molar-refractivity contribution in [1.82, 2.24) is 10.2 Å². The Kier molecular flexibility index (Phi) is 4.56. The predicted octanol–water partition coefficient (Wildman–Crippen LogP) is 0.701. The summed E-state index contributed by atoms with van der Waals surface area (Å²) in [5.74, 6) is 2.83. The van der Waals surface area contributed by atoms with E-state index in [4.69, 9.17) is 0 Å². The number of rotatable bonds is 6. The molecule has 1 aliphatic heterocycles. The molecule has 2 N–H and O–H groups in total. The molecule has 0 aromatic heterocycles. The fraction of sp³-hybridized carbons (Fsp3) is 0.923. The lowest BCUT2D eigenvalue weighted by atomic mass is 9.97. The van der Waals surface area contributed by atoms with Crippen LogP contribution in [-0.4, -0.2) is 59.2 Å². The first-order valence-corrected chi connectivity index (χ1v) is 7.90. The number of carbonyl (C=O) groups excluding carboxylic acids is 1. The first-order valence-electron chi connectivity index (χ1n) is 6.75.